The number of anilines is 1. The summed E-state index contributed by atoms with van der Waals surface area (Å²) >= 11 is 0. The third-order valence-corrected chi connectivity index (χ3v) is 3.30. The van der Waals surface area contributed by atoms with Crippen molar-refractivity contribution in [2.75, 3.05) is 31.6 Å². The lowest BCUT2D eigenvalue weighted by molar-refractivity contribution is 0.0743. The fourth-order valence-corrected chi connectivity index (χ4v) is 2.34. The molecule has 2 rings (SSSR count). The number of fused-ring (bicyclic) bond motifs is 1. The van der Waals surface area contributed by atoms with Gasteiger partial charge in [0.25, 0.3) is 5.91 Å². The Labute approximate surface area is 113 Å². The van der Waals surface area contributed by atoms with Gasteiger partial charge in [-0.3, -0.25) is 4.79 Å². The van der Waals surface area contributed by atoms with Crippen molar-refractivity contribution in [2.45, 2.75) is 12.8 Å². The summed E-state index contributed by atoms with van der Waals surface area (Å²) in [6.45, 7) is 5.39. The molecule has 4 heteroatoms. The van der Waals surface area contributed by atoms with Crippen molar-refractivity contribution in [2.24, 2.45) is 0 Å². The van der Waals surface area contributed by atoms with Gasteiger partial charge in [0.05, 0.1) is 6.61 Å². The van der Waals surface area contributed by atoms with Crippen LogP contribution in [-0.2, 0) is 6.42 Å². The van der Waals surface area contributed by atoms with Crippen molar-refractivity contribution in [3.63, 3.8) is 0 Å². The normalized spacial score (nSPS) is 13.3. The molecule has 0 saturated heterocycles. The molecule has 0 saturated carbocycles. The van der Waals surface area contributed by atoms with Gasteiger partial charge in [0, 0.05) is 30.9 Å². The smallest absolute Gasteiger partial charge is 0.254 e. The largest absolute Gasteiger partial charge is 0.395 e. The molecule has 102 valence electrons. The van der Waals surface area contributed by atoms with Gasteiger partial charge in [0.1, 0.15) is 0 Å². The van der Waals surface area contributed by atoms with Gasteiger partial charge in [-0.2, -0.15) is 0 Å². The second kappa shape index (κ2) is 6.38. The molecular weight excluding hydrogens is 240 g/mol. The van der Waals surface area contributed by atoms with Crippen molar-refractivity contribution in [1.82, 2.24) is 4.90 Å². The Balaban J connectivity index is 2.19. The van der Waals surface area contributed by atoms with Crippen LogP contribution in [0.25, 0.3) is 0 Å². The topological polar surface area (TPSA) is 52.6 Å². The molecule has 4 nitrogen and oxygen atoms in total. The van der Waals surface area contributed by atoms with E-state index >= 15 is 0 Å². The van der Waals surface area contributed by atoms with Crippen LogP contribution >= 0.6 is 0 Å². The molecule has 1 amide bonds. The third kappa shape index (κ3) is 3.15. The standard InChI is InChI=1S/C15H20N2O2/c1-2-8-17(9-10-18)15(19)13-5-6-14-12(11-13)4-3-7-16-14/h2,5-6,11,16,18H,1,3-4,7-10H2. The lowest BCUT2D eigenvalue weighted by Gasteiger charge is -2.22. The second-order valence-electron chi connectivity index (χ2n) is 4.67. The Kier molecular flexibility index (Phi) is 4.58. The summed E-state index contributed by atoms with van der Waals surface area (Å²) in [6.07, 6.45) is 3.77. The third-order valence-electron chi connectivity index (χ3n) is 3.30. The van der Waals surface area contributed by atoms with Gasteiger partial charge in [-0.15, -0.1) is 6.58 Å². The van der Waals surface area contributed by atoms with E-state index in [4.69, 9.17) is 5.11 Å². The quantitative estimate of drug-likeness (QED) is 0.792. The summed E-state index contributed by atoms with van der Waals surface area (Å²) in [7, 11) is 0. The number of carbonyl (C=O) groups excluding carboxylic acids is 1. The first-order valence-electron chi connectivity index (χ1n) is 6.64. The number of nitrogens with zero attached hydrogens (tertiary/aromatic N) is 1. The van der Waals surface area contributed by atoms with Gasteiger partial charge in [-0.1, -0.05) is 6.08 Å². The Bertz CT molecular complexity index is 471. The van der Waals surface area contributed by atoms with Crippen LogP contribution < -0.4 is 5.32 Å². The molecule has 1 aliphatic heterocycles. The molecule has 0 aliphatic carbocycles. The summed E-state index contributed by atoms with van der Waals surface area (Å²) in [5.41, 5.74) is 3.00. The number of aryl methyl sites for hydroxylation is 1. The second-order valence-corrected chi connectivity index (χ2v) is 4.67. The molecular formula is C15H20N2O2. The zero-order chi connectivity index (χ0) is 13.7. The summed E-state index contributed by atoms with van der Waals surface area (Å²) in [5.74, 6) is -0.0534. The van der Waals surface area contributed by atoms with E-state index in [1.54, 1.807) is 11.0 Å². The molecule has 1 aliphatic rings. The Hall–Kier alpha value is -1.81. The van der Waals surface area contributed by atoms with E-state index in [9.17, 15) is 4.79 Å². The molecule has 19 heavy (non-hydrogen) atoms. The maximum absolute atomic E-state index is 12.4. The average molecular weight is 260 g/mol. The molecule has 0 radical (unpaired) electrons. The summed E-state index contributed by atoms with van der Waals surface area (Å²) in [4.78, 5) is 14.0. The van der Waals surface area contributed by atoms with Crippen LogP contribution in [0.5, 0.6) is 0 Å². The van der Waals surface area contributed by atoms with Gasteiger partial charge in [-0.25, -0.2) is 0 Å². The molecule has 0 fully saturated rings. The Morgan fingerprint density at radius 3 is 3.11 bits per heavy atom. The maximum Gasteiger partial charge on any atom is 0.254 e. The van der Waals surface area contributed by atoms with Gasteiger partial charge in [0.15, 0.2) is 0 Å². The minimum absolute atomic E-state index is 0.0356. The van der Waals surface area contributed by atoms with Crippen molar-refractivity contribution in [3.8, 4) is 0 Å². The van der Waals surface area contributed by atoms with Gasteiger partial charge in [-0.05, 0) is 36.6 Å². The molecule has 0 aromatic heterocycles. The number of aliphatic hydroxyl groups is 1. The summed E-state index contributed by atoms with van der Waals surface area (Å²) in [5, 5.41) is 12.3. The SMILES string of the molecule is C=CCN(CCO)C(=O)c1ccc2c(c1)CCCN2. The number of benzene rings is 1. The molecule has 1 aromatic rings. The minimum Gasteiger partial charge on any atom is -0.395 e. The van der Waals surface area contributed by atoms with Crippen molar-refractivity contribution >= 4 is 11.6 Å². The van der Waals surface area contributed by atoms with Crippen LogP contribution in [0.1, 0.15) is 22.3 Å². The van der Waals surface area contributed by atoms with Crippen LogP contribution in [0.4, 0.5) is 5.69 Å². The number of rotatable bonds is 5. The van der Waals surface area contributed by atoms with Crippen molar-refractivity contribution < 1.29 is 9.90 Å². The zero-order valence-corrected chi connectivity index (χ0v) is 11.1. The fourth-order valence-electron chi connectivity index (χ4n) is 2.34. The first kappa shape index (κ1) is 13.6. The number of amides is 1. The zero-order valence-electron chi connectivity index (χ0n) is 11.1. The molecule has 1 aromatic carbocycles. The molecule has 1 heterocycles. The van der Waals surface area contributed by atoms with Crippen LogP contribution in [0.15, 0.2) is 30.9 Å². The lowest BCUT2D eigenvalue weighted by Crippen LogP contribution is -2.33. The predicted molar refractivity (Wildman–Crippen MR) is 76.4 cm³/mol. The van der Waals surface area contributed by atoms with E-state index in [2.05, 4.69) is 11.9 Å². The van der Waals surface area contributed by atoms with E-state index in [1.165, 1.54) is 5.56 Å². The fraction of sp³-hybridized carbons (Fsp3) is 0.400. The molecule has 0 spiro atoms. The van der Waals surface area contributed by atoms with E-state index in [0.717, 1.165) is 25.1 Å². The number of aliphatic hydroxyl groups excluding tert-OH is 1. The van der Waals surface area contributed by atoms with E-state index in [0.29, 0.717) is 18.7 Å². The average Bonchev–Trinajstić information content (AvgIpc) is 2.46. The molecule has 2 N–H and O–H groups in total. The highest BCUT2D eigenvalue weighted by Crippen LogP contribution is 2.23. The maximum atomic E-state index is 12.4. The molecule has 0 atom stereocenters. The van der Waals surface area contributed by atoms with Crippen LogP contribution in [0, 0.1) is 0 Å². The highest BCUT2D eigenvalue weighted by molar-refractivity contribution is 5.95. The van der Waals surface area contributed by atoms with Crippen LogP contribution in [0.2, 0.25) is 0 Å². The monoisotopic (exact) mass is 260 g/mol. The molecule has 0 unspecified atom stereocenters. The van der Waals surface area contributed by atoms with Crippen LogP contribution in [0.3, 0.4) is 0 Å². The van der Waals surface area contributed by atoms with Crippen molar-refractivity contribution in [1.29, 1.82) is 0 Å². The summed E-state index contributed by atoms with van der Waals surface area (Å²) in [6, 6.07) is 5.76. The minimum atomic E-state index is -0.0534. The highest BCUT2D eigenvalue weighted by atomic mass is 16.3. The number of nitrogens with one attached hydrogen (secondary N) is 1. The van der Waals surface area contributed by atoms with E-state index in [1.807, 2.05) is 18.2 Å². The number of hydrogen-bond donors (Lipinski definition) is 2. The molecule has 0 bridgehead atoms. The first-order valence-corrected chi connectivity index (χ1v) is 6.64. The van der Waals surface area contributed by atoms with Gasteiger partial charge >= 0.3 is 0 Å². The van der Waals surface area contributed by atoms with E-state index < -0.39 is 0 Å². The predicted octanol–water partition coefficient (Wildman–Crippen LogP) is 1.67. The Morgan fingerprint density at radius 2 is 2.37 bits per heavy atom. The van der Waals surface area contributed by atoms with E-state index in [-0.39, 0.29) is 12.5 Å². The number of hydrogen-bond acceptors (Lipinski definition) is 3. The van der Waals surface area contributed by atoms with Crippen LogP contribution in [-0.4, -0.2) is 42.2 Å². The van der Waals surface area contributed by atoms with Gasteiger partial charge in [0.2, 0.25) is 0 Å². The van der Waals surface area contributed by atoms with Crippen molar-refractivity contribution in [3.05, 3.63) is 42.0 Å². The number of carbonyl (C=O) groups is 1. The lowest BCUT2D eigenvalue weighted by atomic mass is 10.0. The highest BCUT2D eigenvalue weighted by Gasteiger charge is 2.16. The van der Waals surface area contributed by atoms with Gasteiger partial charge < -0.3 is 15.3 Å². The first-order chi connectivity index (χ1) is 9.26. The summed E-state index contributed by atoms with van der Waals surface area (Å²) < 4.78 is 0. The Morgan fingerprint density at radius 1 is 1.53 bits per heavy atom.